The number of aliphatic hydroxyl groups excluding tert-OH is 1. The molecule has 0 spiro atoms. The molecule has 118 valence electrons. The molecule has 1 aliphatic rings. The van der Waals surface area contributed by atoms with Crippen molar-refractivity contribution in [3.05, 3.63) is 29.6 Å². The SMILES string of the molecule is CC(C)c1ccc(CN2CCN(CCO)CC2(C)C)cn1. The first-order valence-corrected chi connectivity index (χ1v) is 7.95. The van der Waals surface area contributed by atoms with Gasteiger partial charge in [0, 0.05) is 50.2 Å². The summed E-state index contributed by atoms with van der Waals surface area (Å²) in [6.07, 6.45) is 2.02. The largest absolute Gasteiger partial charge is 0.395 e. The van der Waals surface area contributed by atoms with Crippen LogP contribution < -0.4 is 0 Å². The van der Waals surface area contributed by atoms with Crippen LogP contribution in [0.4, 0.5) is 0 Å². The van der Waals surface area contributed by atoms with Gasteiger partial charge >= 0.3 is 0 Å². The lowest BCUT2D eigenvalue weighted by Crippen LogP contribution is -2.59. The number of piperazine rings is 1. The Balaban J connectivity index is 1.99. The molecular weight excluding hydrogens is 262 g/mol. The molecule has 0 unspecified atom stereocenters. The Morgan fingerprint density at radius 1 is 1.29 bits per heavy atom. The molecule has 4 nitrogen and oxygen atoms in total. The minimum atomic E-state index is 0.129. The number of aromatic nitrogens is 1. The molecule has 0 saturated carbocycles. The Hall–Kier alpha value is -0.970. The highest BCUT2D eigenvalue weighted by molar-refractivity contribution is 5.16. The number of aliphatic hydroxyl groups is 1. The zero-order valence-electron chi connectivity index (χ0n) is 13.8. The lowest BCUT2D eigenvalue weighted by molar-refractivity contribution is 0.00784. The van der Waals surface area contributed by atoms with Crippen LogP contribution in [-0.2, 0) is 6.54 Å². The molecule has 1 aliphatic heterocycles. The van der Waals surface area contributed by atoms with Gasteiger partial charge in [0.05, 0.1) is 6.61 Å². The van der Waals surface area contributed by atoms with Gasteiger partial charge in [0.25, 0.3) is 0 Å². The first-order valence-electron chi connectivity index (χ1n) is 7.95. The third-order valence-electron chi connectivity index (χ3n) is 4.38. The lowest BCUT2D eigenvalue weighted by atomic mass is 9.98. The second kappa shape index (κ2) is 6.86. The van der Waals surface area contributed by atoms with Crippen molar-refractivity contribution in [3.63, 3.8) is 0 Å². The Morgan fingerprint density at radius 2 is 2.05 bits per heavy atom. The summed E-state index contributed by atoms with van der Waals surface area (Å²) in [5, 5.41) is 9.10. The molecule has 0 amide bonds. The first-order chi connectivity index (χ1) is 9.92. The van der Waals surface area contributed by atoms with E-state index in [1.165, 1.54) is 5.56 Å². The average molecular weight is 291 g/mol. The van der Waals surface area contributed by atoms with Crippen molar-refractivity contribution in [2.24, 2.45) is 0 Å². The number of pyridine rings is 1. The Labute approximate surface area is 128 Å². The summed E-state index contributed by atoms with van der Waals surface area (Å²) in [6, 6.07) is 4.35. The van der Waals surface area contributed by atoms with Crippen LogP contribution in [-0.4, -0.2) is 58.2 Å². The minimum Gasteiger partial charge on any atom is -0.395 e. The monoisotopic (exact) mass is 291 g/mol. The van der Waals surface area contributed by atoms with Gasteiger partial charge in [-0.25, -0.2) is 0 Å². The van der Waals surface area contributed by atoms with Gasteiger partial charge in [0.2, 0.25) is 0 Å². The summed E-state index contributed by atoms with van der Waals surface area (Å²) in [7, 11) is 0. The smallest absolute Gasteiger partial charge is 0.0558 e. The van der Waals surface area contributed by atoms with Crippen LogP contribution in [0.5, 0.6) is 0 Å². The second-order valence-corrected chi connectivity index (χ2v) is 6.98. The van der Waals surface area contributed by atoms with E-state index in [0.717, 1.165) is 38.4 Å². The third-order valence-corrected chi connectivity index (χ3v) is 4.38. The Kier molecular flexibility index (Phi) is 5.36. The summed E-state index contributed by atoms with van der Waals surface area (Å²) in [5.74, 6) is 0.484. The fraction of sp³-hybridized carbons (Fsp3) is 0.706. The van der Waals surface area contributed by atoms with Gasteiger partial charge in [-0.05, 0) is 31.4 Å². The van der Waals surface area contributed by atoms with Crippen molar-refractivity contribution in [3.8, 4) is 0 Å². The molecule has 1 N–H and O–H groups in total. The molecule has 2 rings (SSSR count). The van der Waals surface area contributed by atoms with E-state index in [0.29, 0.717) is 5.92 Å². The maximum absolute atomic E-state index is 9.10. The number of hydrogen-bond donors (Lipinski definition) is 1. The molecule has 1 fully saturated rings. The van der Waals surface area contributed by atoms with E-state index in [9.17, 15) is 0 Å². The highest BCUT2D eigenvalue weighted by Crippen LogP contribution is 2.23. The van der Waals surface area contributed by atoms with E-state index >= 15 is 0 Å². The first kappa shape index (κ1) is 16.4. The van der Waals surface area contributed by atoms with Crippen molar-refractivity contribution < 1.29 is 5.11 Å². The third kappa shape index (κ3) is 4.25. The predicted octanol–water partition coefficient (Wildman–Crippen LogP) is 2.09. The second-order valence-electron chi connectivity index (χ2n) is 6.98. The summed E-state index contributed by atoms with van der Waals surface area (Å²) in [6.45, 7) is 14.0. The fourth-order valence-electron chi connectivity index (χ4n) is 3.01. The van der Waals surface area contributed by atoms with E-state index in [2.05, 4.69) is 54.6 Å². The highest BCUT2D eigenvalue weighted by atomic mass is 16.3. The molecule has 21 heavy (non-hydrogen) atoms. The minimum absolute atomic E-state index is 0.129. The van der Waals surface area contributed by atoms with Gasteiger partial charge in [-0.3, -0.25) is 14.8 Å². The van der Waals surface area contributed by atoms with Gasteiger partial charge in [-0.2, -0.15) is 0 Å². The zero-order valence-corrected chi connectivity index (χ0v) is 13.8. The zero-order chi connectivity index (χ0) is 15.5. The molecular formula is C17H29N3O. The molecule has 0 bridgehead atoms. The Bertz CT molecular complexity index is 442. The van der Waals surface area contributed by atoms with Gasteiger partial charge in [-0.1, -0.05) is 19.9 Å². The molecule has 1 aromatic rings. The number of hydrogen-bond acceptors (Lipinski definition) is 4. The maximum atomic E-state index is 9.10. The van der Waals surface area contributed by atoms with Gasteiger partial charge in [0.15, 0.2) is 0 Å². The standard InChI is InChI=1S/C17H29N3O/c1-14(2)16-6-5-15(11-18-16)12-20-8-7-19(9-10-21)13-17(20,3)4/h5-6,11,14,21H,7-10,12-13H2,1-4H3. The predicted molar refractivity (Wildman–Crippen MR) is 86.3 cm³/mol. The van der Waals surface area contributed by atoms with Crippen LogP contribution in [0.1, 0.15) is 44.9 Å². The molecule has 0 aliphatic carbocycles. The van der Waals surface area contributed by atoms with Crippen molar-refractivity contribution in [1.29, 1.82) is 0 Å². The van der Waals surface area contributed by atoms with Crippen LogP contribution in [0.15, 0.2) is 18.3 Å². The molecule has 1 aromatic heterocycles. The summed E-state index contributed by atoms with van der Waals surface area (Å²) in [4.78, 5) is 9.43. The van der Waals surface area contributed by atoms with E-state index in [-0.39, 0.29) is 12.1 Å². The van der Waals surface area contributed by atoms with Crippen molar-refractivity contribution in [2.45, 2.75) is 45.7 Å². The normalized spacial score (nSPS) is 20.1. The van der Waals surface area contributed by atoms with E-state index < -0.39 is 0 Å². The van der Waals surface area contributed by atoms with E-state index in [4.69, 9.17) is 5.11 Å². The average Bonchev–Trinajstić information content (AvgIpc) is 2.42. The van der Waals surface area contributed by atoms with Gasteiger partial charge < -0.3 is 5.11 Å². The molecule has 1 saturated heterocycles. The lowest BCUT2D eigenvalue weighted by Gasteiger charge is -2.47. The summed E-state index contributed by atoms with van der Waals surface area (Å²) >= 11 is 0. The van der Waals surface area contributed by atoms with Crippen molar-refractivity contribution in [1.82, 2.24) is 14.8 Å². The Morgan fingerprint density at radius 3 is 2.57 bits per heavy atom. The van der Waals surface area contributed by atoms with Crippen molar-refractivity contribution in [2.75, 3.05) is 32.8 Å². The number of β-amino-alcohol motifs (C(OH)–C–C–N with tert-alkyl or cyclic N) is 1. The van der Waals surface area contributed by atoms with Gasteiger partial charge in [-0.15, -0.1) is 0 Å². The topological polar surface area (TPSA) is 39.6 Å². The van der Waals surface area contributed by atoms with Gasteiger partial charge in [0.1, 0.15) is 0 Å². The van der Waals surface area contributed by atoms with Crippen LogP contribution in [0.2, 0.25) is 0 Å². The molecule has 4 heteroatoms. The maximum Gasteiger partial charge on any atom is 0.0558 e. The highest BCUT2D eigenvalue weighted by Gasteiger charge is 2.33. The molecule has 0 aromatic carbocycles. The van der Waals surface area contributed by atoms with E-state index in [1.54, 1.807) is 0 Å². The molecule has 0 radical (unpaired) electrons. The van der Waals surface area contributed by atoms with Crippen molar-refractivity contribution >= 4 is 0 Å². The van der Waals surface area contributed by atoms with Crippen LogP contribution in [0, 0.1) is 0 Å². The number of rotatable bonds is 5. The molecule has 0 atom stereocenters. The summed E-state index contributed by atoms with van der Waals surface area (Å²) in [5.41, 5.74) is 2.57. The fourth-order valence-corrected chi connectivity index (χ4v) is 3.01. The quantitative estimate of drug-likeness (QED) is 0.902. The number of nitrogens with zero attached hydrogens (tertiary/aromatic N) is 3. The van der Waals surface area contributed by atoms with Crippen LogP contribution in [0.25, 0.3) is 0 Å². The van der Waals surface area contributed by atoms with E-state index in [1.807, 2.05) is 6.20 Å². The summed E-state index contributed by atoms with van der Waals surface area (Å²) < 4.78 is 0. The van der Waals surface area contributed by atoms with Crippen LogP contribution >= 0.6 is 0 Å². The molecule has 2 heterocycles. The van der Waals surface area contributed by atoms with Crippen LogP contribution in [0.3, 0.4) is 0 Å².